The molecule has 1 unspecified atom stereocenters. The van der Waals surface area contributed by atoms with Gasteiger partial charge in [-0.25, -0.2) is 4.79 Å². The first-order valence-electron chi connectivity index (χ1n) is 12.0. The first kappa shape index (κ1) is 23.8. The number of carboxylic acid groups (broad SMARTS) is 1. The molecule has 0 heterocycles. The van der Waals surface area contributed by atoms with Crippen molar-refractivity contribution in [2.75, 3.05) is 6.61 Å². The van der Waals surface area contributed by atoms with Crippen LogP contribution in [-0.4, -0.2) is 41.8 Å². The van der Waals surface area contributed by atoms with Crippen LogP contribution in [0.3, 0.4) is 0 Å². The van der Waals surface area contributed by atoms with E-state index >= 15 is 0 Å². The molecule has 180 valence electrons. The molecule has 3 atom stereocenters. The summed E-state index contributed by atoms with van der Waals surface area (Å²) in [5, 5.41) is 14.8. The number of hydrogen-bond acceptors (Lipinski definition) is 4. The van der Waals surface area contributed by atoms with Crippen molar-refractivity contribution < 1.29 is 24.2 Å². The first-order valence-corrected chi connectivity index (χ1v) is 12.0. The molecular weight excluding hydrogens is 432 g/mol. The predicted octanol–water partition coefficient (Wildman–Crippen LogP) is 4.31. The van der Waals surface area contributed by atoms with Gasteiger partial charge in [-0.15, -0.1) is 0 Å². The molecule has 0 bridgehead atoms. The maximum Gasteiger partial charge on any atom is 0.407 e. The SMILES string of the molecule is CC[C@H](C)[C@H](NC(=O)OCC1c2ccccc2-c2ccccc21)C(=O)NC(CC(=O)O)C1CC1. The maximum absolute atomic E-state index is 13.0. The number of alkyl carbamates (subject to hydrolysis) is 1. The molecule has 2 amide bonds. The fraction of sp³-hybridized carbons (Fsp3) is 0.444. The molecule has 2 aliphatic carbocycles. The minimum absolute atomic E-state index is 0.0659. The molecule has 0 aromatic heterocycles. The number of carbonyl (C=O) groups excluding carboxylic acids is 2. The van der Waals surface area contributed by atoms with Gasteiger partial charge in [-0.1, -0.05) is 68.8 Å². The van der Waals surface area contributed by atoms with E-state index < -0.39 is 24.1 Å². The van der Waals surface area contributed by atoms with E-state index in [-0.39, 0.29) is 36.7 Å². The number of amides is 2. The smallest absolute Gasteiger partial charge is 0.407 e. The number of rotatable bonds is 10. The third-order valence-corrected chi connectivity index (χ3v) is 7.03. The van der Waals surface area contributed by atoms with Gasteiger partial charge in [-0.3, -0.25) is 9.59 Å². The zero-order chi connectivity index (χ0) is 24.2. The molecule has 4 rings (SSSR count). The number of carboxylic acids is 1. The Labute approximate surface area is 199 Å². The first-order chi connectivity index (χ1) is 16.4. The zero-order valence-corrected chi connectivity index (χ0v) is 19.6. The summed E-state index contributed by atoms with van der Waals surface area (Å²) in [4.78, 5) is 37.0. The van der Waals surface area contributed by atoms with Gasteiger partial charge in [0.15, 0.2) is 0 Å². The van der Waals surface area contributed by atoms with Crippen LogP contribution in [0.4, 0.5) is 4.79 Å². The van der Waals surface area contributed by atoms with E-state index in [1.54, 1.807) is 0 Å². The van der Waals surface area contributed by atoms with Crippen molar-refractivity contribution in [1.29, 1.82) is 0 Å². The van der Waals surface area contributed by atoms with Crippen LogP contribution in [0.15, 0.2) is 48.5 Å². The molecule has 1 fully saturated rings. The number of aliphatic carboxylic acids is 1. The van der Waals surface area contributed by atoms with Gasteiger partial charge in [0, 0.05) is 12.0 Å². The maximum atomic E-state index is 13.0. The lowest BCUT2D eigenvalue weighted by atomic mass is 9.97. The molecule has 1 saturated carbocycles. The number of nitrogens with one attached hydrogen (secondary N) is 2. The van der Waals surface area contributed by atoms with Crippen molar-refractivity contribution in [3.05, 3.63) is 59.7 Å². The summed E-state index contributed by atoms with van der Waals surface area (Å²) in [5.74, 6) is -1.32. The number of benzene rings is 2. The van der Waals surface area contributed by atoms with Crippen LogP contribution < -0.4 is 10.6 Å². The third-order valence-electron chi connectivity index (χ3n) is 7.03. The van der Waals surface area contributed by atoms with Crippen molar-refractivity contribution in [3.63, 3.8) is 0 Å². The van der Waals surface area contributed by atoms with Gasteiger partial charge in [-0.05, 0) is 46.9 Å². The molecular formula is C27H32N2O5. The normalized spacial score (nSPS) is 17.1. The molecule has 2 aromatic carbocycles. The molecule has 0 spiro atoms. The predicted molar refractivity (Wildman–Crippen MR) is 128 cm³/mol. The summed E-state index contributed by atoms with van der Waals surface area (Å²) in [6.45, 7) is 4.00. The van der Waals surface area contributed by atoms with Crippen LogP contribution in [-0.2, 0) is 14.3 Å². The molecule has 0 radical (unpaired) electrons. The number of carbonyl (C=O) groups is 3. The van der Waals surface area contributed by atoms with Crippen LogP contribution in [0.1, 0.15) is 56.6 Å². The van der Waals surface area contributed by atoms with E-state index in [4.69, 9.17) is 4.74 Å². The summed E-state index contributed by atoms with van der Waals surface area (Å²) < 4.78 is 5.62. The van der Waals surface area contributed by atoms with E-state index in [0.29, 0.717) is 6.42 Å². The Morgan fingerprint density at radius 1 is 1.00 bits per heavy atom. The Morgan fingerprint density at radius 2 is 1.59 bits per heavy atom. The monoisotopic (exact) mass is 464 g/mol. The van der Waals surface area contributed by atoms with Gasteiger partial charge in [0.2, 0.25) is 5.91 Å². The highest BCUT2D eigenvalue weighted by Gasteiger charge is 2.36. The lowest BCUT2D eigenvalue weighted by Crippen LogP contribution is -2.53. The molecule has 2 aliphatic rings. The Hall–Kier alpha value is -3.35. The fourth-order valence-corrected chi connectivity index (χ4v) is 4.76. The van der Waals surface area contributed by atoms with Crippen molar-refractivity contribution in [2.24, 2.45) is 11.8 Å². The Balaban J connectivity index is 1.41. The third kappa shape index (κ3) is 5.24. The van der Waals surface area contributed by atoms with Gasteiger partial charge in [0.05, 0.1) is 6.42 Å². The molecule has 34 heavy (non-hydrogen) atoms. The Bertz CT molecular complexity index is 1020. The highest BCUT2D eigenvalue weighted by molar-refractivity contribution is 5.86. The summed E-state index contributed by atoms with van der Waals surface area (Å²) in [6.07, 6.45) is 1.73. The number of hydrogen-bond donors (Lipinski definition) is 3. The van der Waals surface area contributed by atoms with E-state index in [1.165, 1.54) is 0 Å². The van der Waals surface area contributed by atoms with Crippen LogP contribution in [0.25, 0.3) is 11.1 Å². The van der Waals surface area contributed by atoms with Gasteiger partial charge < -0.3 is 20.5 Å². The zero-order valence-electron chi connectivity index (χ0n) is 19.6. The highest BCUT2D eigenvalue weighted by atomic mass is 16.5. The van der Waals surface area contributed by atoms with Crippen molar-refractivity contribution in [2.45, 2.75) is 57.5 Å². The fourth-order valence-electron chi connectivity index (χ4n) is 4.76. The van der Waals surface area contributed by atoms with E-state index in [1.807, 2.05) is 38.1 Å². The topological polar surface area (TPSA) is 105 Å². The van der Waals surface area contributed by atoms with Gasteiger partial charge >= 0.3 is 12.1 Å². The largest absolute Gasteiger partial charge is 0.481 e. The summed E-state index contributed by atoms with van der Waals surface area (Å²) in [5.41, 5.74) is 4.53. The van der Waals surface area contributed by atoms with Crippen LogP contribution in [0, 0.1) is 11.8 Å². The number of fused-ring (bicyclic) bond motifs is 3. The quantitative estimate of drug-likeness (QED) is 0.486. The number of ether oxygens (including phenoxy) is 1. The van der Waals surface area contributed by atoms with Crippen molar-refractivity contribution in [1.82, 2.24) is 10.6 Å². The lowest BCUT2D eigenvalue weighted by molar-refractivity contribution is -0.138. The summed E-state index contributed by atoms with van der Waals surface area (Å²) in [6, 6.07) is 15.0. The minimum atomic E-state index is -0.943. The van der Waals surface area contributed by atoms with Gasteiger partial charge in [0.25, 0.3) is 0 Å². The van der Waals surface area contributed by atoms with Gasteiger partial charge in [-0.2, -0.15) is 0 Å². The van der Waals surface area contributed by atoms with E-state index in [9.17, 15) is 19.5 Å². The van der Waals surface area contributed by atoms with Crippen LogP contribution in [0.5, 0.6) is 0 Å². The van der Waals surface area contributed by atoms with Crippen LogP contribution >= 0.6 is 0 Å². The average molecular weight is 465 g/mol. The van der Waals surface area contributed by atoms with E-state index in [0.717, 1.165) is 35.1 Å². The molecule has 2 aromatic rings. The second-order valence-corrected chi connectivity index (χ2v) is 9.38. The van der Waals surface area contributed by atoms with Crippen molar-refractivity contribution >= 4 is 18.0 Å². The molecule has 3 N–H and O–H groups in total. The average Bonchev–Trinajstić information content (AvgIpc) is 3.63. The Morgan fingerprint density at radius 3 is 2.12 bits per heavy atom. The van der Waals surface area contributed by atoms with Crippen molar-refractivity contribution in [3.8, 4) is 11.1 Å². The lowest BCUT2D eigenvalue weighted by Gasteiger charge is -2.26. The standard InChI is InChI=1S/C27H32N2O5/c1-3-16(2)25(26(32)28-23(14-24(30)31)17-12-13-17)29-27(33)34-15-22-20-10-6-4-8-18(20)19-9-5-7-11-21(19)22/h4-11,16-17,22-23,25H,3,12-15H2,1-2H3,(H,28,32)(H,29,33)(H,30,31)/t16-,23?,25-/m0/s1. The second kappa shape index (κ2) is 10.3. The van der Waals surface area contributed by atoms with Gasteiger partial charge in [0.1, 0.15) is 12.6 Å². The molecule has 7 heteroatoms. The molecule has 7 nitrogen and oxygen atoms in total. The molecule has 0 aliphatic heterocycles. The summed E-state index contributed by atoms with van der Waals surface area (Å²) in [7, 11) is 0. The Kier molecular flexibility index (Phi) is 7.20. The minimum Gasteiger partial charge on any atom is -0.481 e. The summed E-state index contributed by atoms with van der Waals surface area (Å²) >= 11 is 0. The highest BCUT2D eigenvalue weighted by Crippen LogP contribution is 2.44. The van der Waals surface area contributed by atoms with E-state index in [2.05, 4.69) is 34.9 Å². The second-order valence-electron chi connectivity index (χ2n) is 9.38. The molecule has 0 saturated heterocycles. The van der Waals surface area contributed by atoms with Crippen LogP contribution in [0.2, 0.25) is 0 Å².